The van der Waals surface area contributed by atoms with Crippen molar-refractivity contribution < 1.29 is 4.74 Å². The number of methoxy groups -OCH3 is 1. The topological polar surface area (TPSA) is 9.23 Å². The third-order valence-corrected chi connectivity index (χ3v) is 2.06. The normalized spacial score (nSPS) is 12.6. The molecule has 1 nitrogen and oxygen atoms in total. The summed E-state index contributed by atoms with van der Waals surface area (Å²) >= 11 is 3.49. The summed E-state index contributed by atoms with van der Waals surface area (Å²) in [5.41, 5.74) is 1.19. The van der Waals surface area contributed by atoms with Crippen LogP contribution in [0.2, 0.25) is 0 Å². The maximum atomic E-state index is 5.18. The summed E-state index contributed by atoms with van der Waals surface area (Å²) < 4.78 is 5.18. The minimum atomic E-state index is 0.346. The highest BCUT2D eigenvalue weighted by molar-refractivity contribution is 9.09. The van der Waals surface area contributed by atoms with Gasteiger partial charge < -0.3 is 4.74 Å². The quantitative estimate of drug-likeness (QED) is 0.688. The number of halogens is 1. The molecule has 0 aliphatic heterocycles. The van der Waals surface area contributed by atoms with E-state index in [4.69, 9.17) is 4.74 Å². The molecule has 11 heavy (non-hydrogen) atoms. The Bertz CT molecular complexity index is 233. The SMILES string of the molecule is COc1ccccc1[C@@H](C)Br. The molecule has 0 heterocycles. The van der Waals surface area contributed by atoms with Crippen LogP contribution < -0.4 is 4.74 Å². The van der Waals surface area contributed by atoms with Gasteiger partial charge in [0.2, 0.25) is 0 Å². The zero-order valence-corrected chi connectivity index (χ0v) is 8.26. The van der Waals surface area contributed by atoms with Crippen LogP contribution >= 0.6 is 15.9 Å². The number of hydrogen-bond donors (Lipinski definition) is 0. The van der Waals surface area contributed by atoms with Crippen LogP contribution in [0.5, 0.6) is 5.75 Å². The monoisotopic (exact) mass is 214 g/mol. The molecule has 1 aromatic rings. The van der Waals surface area contributed by atoms with Gasteiger partial charge in [-0.1, -0.05) is 34.1 Å². The van der Waals surface area contributed by atoms with Gasteiger partial charge >= 0.3 is 0 Å². The summed E-state index contributed by atoms with van der Waals surface area (Å²) in [6.45, 7) is 2.08. The fourth-order valence-electron chi connectivity index (χ4n) is 0.995. The Morgan fingerprint density at radius 2 is 2.00 bits per heavy atom. The predicted octanol–water partition coefficient (Wildman–Crippen LogP) is 3.15. The molecule has 0 saturated heterocycles. The van der Waals surface area contributed by atoms with E-state index in [9.17, 15) is 0 Å². The van der Waals surface area contributed by atoms with Gasteiger partial charge in [-0.3, -0.25) is 0 Å². The average molecular weight is 215 g/mol. The highest BCUT2D eigenvalue weighted by atomic mass is 79.9. The molecule has 0 aliphatic carbocycles. The highest BCUT2D eigenvalue weighted by Crippen LogP contribution is 2.29. The Morgan fingerprint density at radius 3 is 2.45 bits per heavy atom. The van der Waals surface area contributed by atoms with E-state index in [-0.39, 0.29) is 0 Å². The van der Waals surface area contributed by atoms with Crippen LogP contribution in [0.1, 0.15) is 17.3 Å². The Morgan fingerprint density at radius 1 is 1.36 bits per heavy atom. The summed E-state index contributed by atoms with van der Waals surface area (Å²) in [4.78, 5) is 0.346. The summed E-state index contributed by atoms with van der Waals surface area (Å²) in [6, 6.07) is 8.00. The fourth-order valence-corrected chi connectivity index (χ4v) is 1.37. The highest BCUT2D eigenvalue weighted by Gasteiger charge is 2.05. The zero-order valence-electron chi connectivity index (χ0n) is 6.67. The number of para-hydroxylation sites is 1. The predicted molar refractivity (Wildman–Crippen MR) is 50.3 cm³/mol. The Kier molecular flexibility index (Phi) is 2.94. The number of hydrogen-bond acceptors (Lipinski definition) is 1. The summed E-state index contributed by atoms with van der Waals surface area (Å²) in [7, 11) is 1.69. The molecule has 0 radical (unpaired) electrons. The van der Waals surface area contributed by atoms with Gasteiger partial charge in [0.1, 0.15) is 5.75 Å². The first-order valence-corrected chi connectivity index (χ1v) is 4.44. The summed E-state index contributed by atoms with van der Waals surface area (Å²) in [5.74, 6) is 0.942. The van der Waals surface area contributed by atoms with E-state index in [1.807, 2.05) is 18.2 Å². The maximum Gasteiger partial charge on any atom is 0.123 e. The van der Waals surface area contributed by atoms with Gasteiger partial charge in [-0.05, 0) is 13.0 Å². The minimum Gasteiger partial charge on any atom is -0.496 e. The first-order valence-electron chi connectivity index (χ1n) is 3.52. The molecule has 0 aromatic heterocycles. The van der Waals surface area contributed by atoms with Crippen molar-refractivity contribution in [3.8, 4) is 5.75 Å². The second-order valence-corrected chi connectivity index (χ2v) is 3.73. The molecule has 0 bridgehead atoms. The third kappa shape index (κ3) is 1.96. The molecule has 0 aliphatic rings. The van der Waals surface area contributed by atoms with Crippen molar-refractivity contribution in [2.24, 2.45) is 0 Å². The third-order valence-electron chi connectivity index (χ3n) is 1.57. The molecule has 0 saturated carbocycles. The van der Waals surface area contributed by atoms with E-state index in [0.29, 0.717) is 4.83 Å². The number of ether oxygens (including phenoxy) is 1. The van der Waals surface area contributed by atoms with Crippen molar-refractivity contribution in [3.05, 3.63) is 29.8 Å². The van der Waals surface area contributed by atoms with E-state index in [1.54, 1.807) is 7.11 Å². The lowest BCUT2D eigenvalue weighted by Gasteiger charge is -2.08. The molecule has 0 fully saturated rings. The second-order valence-electron chi connectivity index (χ2n) is 2.36. The van der Waals surface area contributed by atoms with Crippen LogP contribution in [0.3, 0.4) is 0 Å². The van der Waals surface area contributed by atoms with Gasteiger partial charge in [0, 0.05) is 10.4 Å². The van der Waals surface area contributed by atoms with E-state index >= 15 is 0 Å². The molecule has 0 N–H and O–H groups in total. The van der Waals surface area contributed by atoms with E-state index in [1.165, 1.54) is 5.56 Å². The molecule has 0 spiro atoms. The molecular formula is C9H11BrO. The average Bonchev–Trinajstić information content (AvgIpc) is 2.04. The molecule has 60 valence electrons. The molecule has 1 atom stereocenters. The maximum absolute atomic E-state index is 5.18. The minimum absolute atomic E-state index is 0.346. The van der Waals surface area contributed by atoms with Gasteiger partial charge in [0.25, 0.3) is 0 Å². The lowest BCUT2D eigenvalue weighted by atomic mass is 10.1. The molecule has 0 amide bonds. The van der Waals surface area contributed by atoms with E-state index in [0.717, 1.165) is 5.75 Å². The summed E-state index contributed by atoms with van der Waals surface area (Å²) in [5, 5.41) is 0. The van der Waals surface area contributed by atoms with Gasteiger partial charge in [-0.2, -0.15) is 0 Å². The van der Waals surface area contributed by atoms with Crippen molar-refractivity contribution in [1.29, 1.82) is 0 Å². The largest absolute Gasteiger partial charge is 0.496 e. The summed E-state index contributed by atoms with van der Waals surface area (Å²) in [6.07, 6.45) is 0. The fraction of sp³-hybridized carbons (Fsp3) is 0.333. The Labute approximate surface area is 75.5 Å². The van der Waals surface area contributed by atoms with E-state index < -0.39 is 0 Å². The van der Waals surface area contributed by atoms with Gasteiger partial charge in [0.05, 0.1) is 7.11 Å². The molecule has 2 heteroatoms. The molecule has 1 aromatic carbocycles. The number of rotatable bonds is 2. The van der Waals surface area contributed by atoms with Crippen molar-refractivity contribution in [3.63, 3.8) is 0 Å². The second kappa shape index (κ2) is 3.77. The van der Waals surface area contributed by atoms with Crippen LogP contribution in [-0.2, 0) is 0 Å². The van der Waals surface area contributed by atoms with Crippen LogP contribution in [0.15, 0.2) is 24.3 Å². The van der Waals surface area contributed by atoms with Crippen molar-refractivity contribution >= 4 is 15.9 Å². The number of alkyl halides is 1. The Balaban J connectivity index is 3.02. The smallest absolute Gasteiger partial charge is 0.123 e. The van der Waals surface area contributed by atoms with Crippen LogP contribution in [0.25, 0.3) is 0 Å². The molecular weight excluding hydrogens is 204 g/mol. The van der Waals surface area contributed by atoms with Crippen LogP contribution in [0, 0.1) is 0 Å². The lowest BCUT2D eigenvalue weighted by Crippen LogP contribution is -1.90. The first kappa shape index (κ1) is 8.60. The Hall–Kier alpha value is -0.500. The lowest BCUT2D eigenvalue weighted by molar-refractivity contribution is 0.410. The van der Waals surface area contributed by atoms with Crippen LogP contribution in [-0.4, -0.2) is 7.11 Å². The molecule has 0 unspecified atom stereocenters. The zero-order chi connectivity index (χ0) is 8.27. The van der Waals surface area contributed by atoms with Gasteiger partial charge in [-0.15, -0.1) is 0 Å². The number of benzene rings is 1. The van der Waals surface area contributed by atoms with Crippen molar-refractivity contribution in [2.75, 3.05) is 7.11 Å². The first-order chi connectivity index (χ1) is 5.25. The standard InChI is InChI=1S/C9H11BrO/c1-7(10)8-5-3-4-6-9(8)11-2/h3-7H,1-2H3/t7-/m1/s1. The van der Waals surface area contributed by atoms with E-state index in [2.05, 4.69) is 28.9 Å². The van der Waals surface area contributed by atoms with Crippen molar-refractivity contribution in [1.82, 2.24) is 0 Å². The molecule has 1 rings (SSSR count). The van der Waals surface area contributed by atoms with Gasteiger partial charge in [-0.25, -0.2) is 0 Å². The van der Waals surface area contributed by atoms with Gasteiger partial charge in [0.15, 0.2) is 0 Å². The van der Waals surface area contributed by atoms with Crippen molar-refractivity contribution in [2.45, 2.75) is 11.8 Å². The van der Waals surface area contributed by atoms with Crippen LogP contribution in [0.4, 0.5) is 0 Å².